The normalized spacial score (nSPS) is 21.9. The number of nitrogens with one attached hydrogen (secondary N) is 4. The van der Waals surface area contributed by atoms with Crippen molar-refractivity contribution in [3.63, 3.8) is 0 Å². The first-order valence-electron chi connectivity index (χ1n) is 12.2. The Balaban J connectivity index is 1.32. The largest absolute Gasteiger partial charge is 0.493 e. The van der Waals surface area contributed by atoms with Crippen LogP contribution in [0.25, 0.3) is 11.7 Å². The van der Waals surface area contributed by atoms with E-state index >= 15 is 0 Å². The molecule has 0 bridgehead atoms. The topological polar surface area (TPSA) is 170 Å². The summed E-state index contributed by atoms with van der Waals surface area (Å²) < 4.78 is 65.3. The number of aromatic hydroxyl groups is 1. The number of sulfonamides is 1. The molecule has 0 amide bonds. The van der Waals surface area contributed by atoms with E-state index in [0.29, 0.717) is 47.9 Å². The Morgan fingerprint density at radius 1 is 1.16 bits per heavy atom. The highest BCUT2D eigenvalue weighted by Crippen LogP contribution is 2.25. The number of aromatic amines is 2. The highest BCUT2D eigenvalue weighted by atomic mass is 32.2. The van der Waals surface area contributed by atoms with Crippen LogP contribution in [0.15, 0.2) is 22.1 Å². The number of rotatable bonds is 8. The predicted molar refractivity (Wildman–Crippen MR) is 131 cm³/mol. The lowest BCUT2D eigenvalue weighted by Gasteiger charge is -2.29. The van der Waals surface area contributed by atoms with Gasteiger partial charge in [0.15, 0.2) is 11.1 Å². The number of alkyl halides is 3. The van der Waals surface area contributed by atoms with Crippen LogP contribution in [0.3, 0.4) is 0 Å². The Bertz CT molecular complexity index is 1600. The molecule has 16 heteroatoms. The fourth-order valence-electron chi connectivity index (χ4n) is 4.40. The van der Waals surface area contributed by atoms with Crippen molar-refractivity contribution in [2.24, 2.45) is 4.99 Å². The second-order valence-corrected chi connectivity index (χ2v) is 11.5. The summed E-state index contributed by atoms with van der Waals surface area (Å²) in [4.78, 5) is 25.6. The van der Waals surface area contributed by atoms with Crippen molar-refractivity contribution in [2.45, 2.75) is 69.2 Å². The van der Waals surface area contributed by atoms with Crippen LogP contribution in [0, 0.1) is 0 Å². The number of imidazole rings is 1. The van der Waals surface area contributed by atoms with Crippen LogP contribution >= 0.6 is 0 Å². The fraction of sp³-hybridized carbons (Fsp3) is 0.545. The Labute approximate surface area is 214 Å². The molecule has 0 spiro atoms. The van der Waals surface area contributed by atoms with Gasteiger partial charge in [-0.3, -0.25) is 9.98 Å². The monoisotopic (exact) mass is 556 g/mol. The maximum absolute atomic E-state index is 12.4. The zero-order valence-corrected chi connectivity index (χ0v) is 20.9. The number of anilines is 1. The molecule has 0 radical (unpaired) electrons. The smallest absolute Gasteiger partial charge is 0.390 e. The van der Waals surface area contributed by atoms with Crippen molar-refractivity contribution in [3.8, 4) is 5.88 Å². The molecule has 0 unspecified atom stereocenters. The maximum Gasteiger partial charge on any atom is 0.390 e. The zero-order valence-electron chi connectivity index (χ0n) is 20.1. The first kappa shape index (κ1) is 26.2. The average molecular weight is 557 g/mol. The summed E-state index contributed by atoms with van der Waals surface area (Å²) >= 11 is 0. The number of halogens is 3. The summed E-state index contributed by atoms with van der Waals surface area (Å²) in [5.41, 5.74) is 0.685. The fourth-order valence-corrected chi connectivity index (χ4v) is 5.76. The van der Waals surface area contributed by atoms with E-state index < -0.39 is 40.1 Å². The second kappa shape index (κ2) is 10.1. The Hall–Kier alpha value is -3.40. The summed E-state index contributed by atoms with van der Waals surface area (Å²) in [6.45, 7) is 0. The molecular formula is C22H27F3N8O4S. The molecule has 2 aliphatic carbocycles. The van der Waals surface area contributed by atoms with Gasteiger partial charge in [0, 0.05) is 23.4 Å². The van der Waals surface area contributed by atoms with E-state index in [4.69, 9.17) is 4.99 Å². The Morgan fingerprint density at radius 3 is 2.50 bits per heavy atom. The van der Waals surface area contributed by atoms with Crippen LogP contribution in [-0.2, 0) is 10.0 Å². The molecule has 2 fully saturated rings. The Morgan fingerprint density at radius 2 is 1.87 bits per heavy atom. The maximum atomic E-state index is 12.4. The molecule has 3 aromatic rings. The number of H-pyrrole nitrogens is 2. The summed E-state index contributed by atoms with van der Waals surface area (Å²) in [5.74, 6) is -0.754. The first-order chi connectivity index (χ1) is 17.9. The molecule has 0 aromatic carbocycles. The number of hydrogen-bond donors (Lipinski definition) is 5. The van der Waals surface area contributed by atoms with Crippen molar-refractivity contribution >= 4 is 27.6 Å². The van der Waals surface area contributed by atoms with E-state index in [0.717, 1.165) is 12.8 Å². The van der Waals surface area contributed by atoms with E-state index in [2.05, 4.69) is 30.1 Å². The molecule has 0 aliphatic heterocycles. The van der Waals surface area contributed by atoms with Gasteiger partial charge in [0.2, 0.25) is 15.9 Å². The van der Waals surface area contributed by atoms with Gasteiger partial charge in [-0.2, -0.15) is 22.8 Å². The molecule has 2 aliphatic rings. The molecule has 2 saturated carbocycles. The third-order valence-corrected chi connectivity index (χ3v) is 7.89. The average Bonchev–Trinajstić information content (AvgIpc) is 3.47. The lowest BCUT2D eigenvalue weighted by Crippen LogP contribution is -2.41. The van der Waals surface area contributed by atoms with Crippen LogP contribution in [0.2, 0.25) is 0 Å². The van der Waals surface area contributed by atoms with Crippen molar-refractivity contribution in [1.82, 2.24) is 29.3 Å². The SMILES string of the molecule is O=c1[nH]c(O)c(C=c2cnn3c(=NC4CC4)cc(NC4CCC(NS(=O)(=O)CCC(F)(F)F)CC4)nc23)[nH]1. The summed E-state index contributed by atoms with van der Waals surface area (Å²) in [5, 5.41) is 18.2. The number of hydrogen-bond acceptors (Lipinski definition) is 8. The molecule has 38 heavy (non-hydrogen) atoms. The van der Waals surface area contributed by atoms with E-state index in [-0.39, 0.29) is 23.7 Å². The lowest BCUT2D eigenvalue weighted by atomic mass is 9.92. The van der Waals surface area contributed by atoms with Crippen molar-refractivity contribution in [1.29, 1.82) is 0 Å². The lowest BCUT2D eigenvalue weighted by molar-refractivity contribution is -0.130. The summed E-state index contributed by atoms with van der Waals surface area (Å²) in [6, 6.07) is 1.53. The molecule has 206 valence electrons. The van der Waals surface area contributed by atoms with Crippen LogP contribution in [0.5, 0.6) is 5.88 Å². The first-order valence-corrected chi connectivity index (χ1v) is 13.9. The van der Waals surface area contributed by atoms with E-state index in [1.165, 1.54) is 0 Å². The molecule has 5 rings (SSSR count). The number of nitrogens with zero attached hydrogens (tertiary/aromatic N) is 4. The standard InChI is InChI=1S/C22H27F3N8O4S/c23-22(24,25)7-8-38(36,37)32-15-5-3-13(4-6-15)27-17-10-18(28-14-1-2-14)33-19(30-17)12(11-26-33)9-16-20(34)31-21(35)29-16/h9-11,13-15,27,32,34H,1-8H2,(H2,29,31,35). The summed E-state index contributed by atoms with van der Waals surface area (Å²) in [7, 11) is -4.02. The van der Waals surface area contributed by atoms with Gasteiger partial charge in [0.1, 0.15) is 11.5 Å². The van der Waals surface area contributed by atoms with Gasteiger partial charge in [-0.25, -0.2) is 22.9 Å². The second-order valence-electron chi connectivity index (χ2n) is 9.68. The molecule has 5 N–H and O–H groups in total. The van der Waals surface area contributed by atoms with Gasteiger partial charge in [-0.05, 0) is 44.6 Å². The minimum atomic E-state index is -4.53. The van der Waals surface area contributed by atoms with Gasteiger partial charge in [0.05, 0.1) is 24.4 Å². The van der Waals surface area contributed by atoms with E-state index in [1.54, 1.807) is 22.9 Å². The van der Waals surface area contributed by atoms with Gasteiger partial charge in [0.25, 0.3) is 0 Å². The van der Waals surface area contributed by atoms with Crippen LogP contribution < -0.4 is 26.4 Å². The molecule has 0 saturated heterocycles. The minimum absolute atomic E-state index is 0.0323. The highest BCUT2D eigenvalue weighted by Gasteiger charge is 2.31. The van der Waals surface area contributed by atoms with Crippen molar-refractivity contribution in [2.75, 3.05) is 11.1 Å². The molecule has 0 atom stereocenters. The summed E-state index contributed by atoms with van der Waals surface area (Å²) in [6.07, 6.45) is 1.27. The zero-order chi connectivity index (χ0) is 27.1. The van der Waals surface area contributed by atoms with Crippen molar-refractivity contribution in [3.05, 3.63) is 39.1 Å². The number of aromatic nitrogens is 5. The highest BCUT2D eigenvalue weighted by molar-refractivity contribution is 7.89. The van der Waals surface area contributed by atoms with Crippen molar-refractivity contribution < 1.29 is 26.7 Å². The van der Waals surface area contributed by atoms with Gasteiger partial charge < -0.3 is 15.4 Å². The third kappa shape index (κ3) is 6.53. The van der Waals surface area contributed by atoms with Crippen LogP contribution in [-0.4, -0.2) is 68.1 Å². The quantitative estimate of drug-likeness (QED) is 0.271. The molecular weight excluding hydrogens is 529 g/mol. The van der Waals surface area contributed by atoms with Gasteiger partial charge >= 0.3 is 11.9 Å². The van der Waals surface area contributed by atoms with Crippen LogP contribution in [0.4, 0.5) is 19.0 Å². The Kier molecular flexibility index (Phi) is 6.94. The van der Waals surface area contributed by atoms with Gasteiger partial charge in [-0.1, -0.05) is 0 Å². The minimum Gasteiger partial charge on any atom is -0.493 e. The van der Waals surface area contributed by atoms with E-state index in [9.17, 15) is 31.5 Å². The molecule has 3 heterocycles. The van der Waals surface area contributed by atoms with E-state index in [1.807, 2.05) is 0 Å². The molecule has 12 nitrogen and oxygen atoms in total. The molecule has 3 aromatic heterocycles. The number of fused-ring (bicyclic) bond motifs is 1. The third-order valence-electron chi connectivity index (χ3n) is 6.46. The van der Waals surface area contributed by atoms with Gasteiger partial charge in [-0.15, -0.1) is 0 Å². The predicted octanol–water partition coefficient (Wildman–Crippen LogP) is 0.657. The van der Waals surface area contributed by atoms with Crippen LogP contribution in [0.1, 0.15) is 50.6 Å².